The van der Waals surface area contributed by atoms with Gasteiger partial charge in [-0.15, -0.1) is 0 Å². The maximum absolute atomic E-state index is 12.1. The summed E-state index contributed by atoms with van der Waals surface area (Å²) in [5.74, 6) is 0. The topological polar surface area (TPSA) is 99.2 Å². The summed E-state index contributed by atoms with van der Waals surface area (Å²) in [6, 6.07) is 18.3. The fourth-order valence-corrected chi connectivity index (χ4v) is 2.53. The molecule has 0 spiro atoms. The van der Waals surface area contributed by atoms with Gasteiger partial charge in [0.05, 0.1) is 12.2 Å². The molecule has 0 aliphatic carbocycles. The number of carbonyl (C=O) groups excluding carboxylic acids is 1. The van der Waals surface area contributed by atoms with Gasteiger partial charge < -0.3 is 15.8 Å². The van der Waals surface area contributed by atoms with Crippen molar-refractivity contribution >= 4 is 12.1 Å². The van der Waals surface area contributed by atoms with Crippen LogP contribution in [0.1, 0.15) is 45.7 Å². The van der Waals surface area contributed by atoms with Crippen molar-refractivity contribution in [2.45, 2.75) is 47.7 Å². The molecule has 0 aliphatic heterocycles. The second-order valence-electron chi connectivity index (χ2n) is 6.16. The molecule has 0 saturated carbocycles. The first-order valence-corrected chi connectivity index (χ1v) is 11.3. The number of amides is 1. The van der Waals surface area contributed by atoms with Gasteiger partial charge in [0.15, 0.2) is 0 Å². The minimum Gasteiger partial charge on any atom is -0.385 e. The summed E-state index contributed by atoms with van der Waals surface area (Å²) < 4.78 is 5.95. The van der Waals surface area contributed by atoms with Crippen LogP contribution in [0.25, 0.3) is 11.3 Å². The Bertz CT molecular complexity index is 968. The third kappa shape index (κ3) is 10.7. The number of ether oxygens (including phenoxy) is 1. The van der Waals surface area contributed by atoms with Gasteiger partial charge in [-0.05, 0) is 36.2 Å². The maximum Gasteiger partial charge on any atom is 0.267 e. The number of methoxy groups -OCH3 is 1. The van der Waals surface area contributed by atoms with Gasteiger partial charge in [-0.25, -0.2) is 4.68 Å². The number of hydrogen-bond acceptors (Lipinski definition) is 5. The van der Waals surface area contributed by atoms with Crippen molar-refractivity contribution in [1.82, 2.24) is 9.78 Å². The number of nitrogens with one attached hydrogen (secondary N) is 1. The van der Waals surface area contributed by atoms with Gasteiger partial charge in [0, 0.05) is 37.6 Å². The standard InChI is InChI=1S/C19H18N4O2.C3H8O.2C2H6/c20-11-14-4-6-16(7-5-14)18-8-9-19(25)23(22-18)12-15-2-1-3-17(10-15)21-13-24;1-3-4-2;2*1-2/h1-10,13H,11-12,20H2,(H,21,24);3H2,1-2H3;2*1-2H3. The van der Waals surface area contributed by atoms with Crippen LogP contribution in [0, 0.1) is 0 Å². The first-order valence-electron chi connectivity index (χ1n) is 11.3. The molecular formula is C26H38N4O3. The molecule has 0 unspecified atom stereocenters. The quantitative estimate of drug-likeness (QED) is 0.505. The van der Waals surface area contributed by atoms with Gasteiger partial charge >= 0.3 is 0 Å². The molecule has 180 valence electrons. The number of rotatable bonds is 7. The normalized spacial score (nSPS) is 9.18. The molecule has 0 atom stereocenters. The molecule has 33 heavy (non-hydrogen) atoms. The van der Waals surface area contributed by atoms with Crippen molar-refractivity contribution < 1.29 is 9.53 Å². The lowest BCUT2D eigenvalue weighted by Gasteiger charge is -2.09. The molecule has 0 bridgehead atoms. The van der Waals surface area contributed by atoms with E-state index in [0.717, 1.165) is 23.3 Å². The van der Waals surface area contributed by atoms with Crippen LogP contribution in [-0.4, -0.2) is 29.9 Å². The van der Waals surface area contributed by atoms with Gasteiger partial charge in [0.2, 0.25) is 6.41 Å². The zero-order valence-electron chi connectivity index (χ0n) is 20.7. The first-order chi connectivity index (χ1) is 16.1. The predicted octanol–water partition coefficient (Wildman–Crippen LogP) is 4.69. The Morgan fingerprint density at radius 3 is 2.18 bits per heavy atom. The van der Waals surface area contributed by atoms with E-state index >= 15 is 0 Å². The summed E-state index contributed by atoms with van der Waals surface area (Å²) in [4.78, 5) is 22.7. The minimum absolute atomic E-state index is 0.184. The van der Waals surface area contributed by atoms with Gasteiger partial charge in [0.25, 0.3) is 5.56 Å². The fraction of sp³-hybridized carbons (Fsp3) is 0.346. The highest BCUT2D eigenvalue weighted by molar-refractivity contribution is 5.71. The highest BCUT2D eigenvalue weighted by Crippen LogP contribution is 2.17. The molecule has 3 rings (SSSR count). The Morgan fingerprint density at radius 2 is 1.64 bits per heavy atom. The molecule has 0 radical (unpaired) electrons. The molecule has 0 aliphatic rings. The fourth-order valence-electron chi connectivity index (χ4n) is 2.53. The van der Waals surface area contributed by atoms with E-state index in [1.165, 1.54) is 10.7 Å². The van der Waals surface area contributed by atoms with E-state index in [2.05, 4.69) is 15.2 Å². The SMILES string of the molecule is CC.CC.CCOC.NCc1ccc(-c2ccc(=O)n(Cc3cccc(NC=O)c3)n2)cc1. The largest absolute Gasteiger partial charge is 0.385 e. The van der Waals surface area contributed by atoms with Crippen LogP contribution in [0.5, 0.6) is 0 Å². The lowest BCUT2D eigenvalue weighted by molar-refractivity contribution is -0.105. The number of nitrogens with zero attached hydrogens (tertiary/aromatic N) is 2. The third-order valence-corrected chi connectivity index (χ3v) is 4.13. The minimum atomic E-state index is -0.184. The molecule has 0 fully saturated rings. The number of anilines is 1. The Hall–Kier alpha value is -3.29. The van der Waals surface area contributed by atoms with Crippen LogP contribution in [0.15, 0.2) is 65.5 Å². The van der Waals surface area contributed by atoms with Crippen LogP contribution in [-0.2, 0) is 22.6 Å². The lowest BCUT2D eigenvalue weighted by Crippen LogP contribution is -2.22. The van der Waals surface area contributed by atoms with E-state index in [9.17, 15) is 9.59 Å². The lowest BCUT2D eigenvalue weighted by atomic mass is 10.1. The first kappa shape index (κ1) is 29.7. The van der Waals surface area contributed by atoms with Gasteiger partial charge in [-0.2, -0.15) is 5.10 Å². The molecule has 3 N–H and O–H groups in total. The van der Waals surface area contributed by atoms with Crippen LogP contribution < -0.4 is 16.6 Å². The van der Waals surface area contributed by atoms with E-state index in [1.807, 2.05) is 77.1 Å². The molecule has 7 heteroatoms. The maximum atomic E-state index is 12.1. The predicted molar refractivity (Wildman–Crippen MR) is 137 cm³/mol. The molecular weight excluding hydrogens is 416 g/mol. The summed E-state index contributed by atoms with van der Waals surface area (Å²) in [5.41, 5.74) is 9.65. The van der Waals surface area contributed by atoms with E-state index in [1.54, 1.807) is 19.2 Å². The van der Waals surface area contributed by atoms with Crippen molar-refractivity contribution in [2.75, 3.05) is 19.0 Å². The monoisotopic (exact) mass is 454 g/mol. The number of carbonyl (C=O) groups is 1. The average Bonchev–Trinajstić information content (AvgIpc) is 2.88. The zero-order chi connectivity index (χ0) is 25.1. The summed E-state index contributed by atoms with van der Waals surface area (Å²) >= 11 is 0. The molecule has 1 heterocycles. The number of benzene rings is 2. The highest BCUT2D eigenvalue weighted by Gasteiger charge is 2.05. The van der Waals surface area contributed by atoms with Gasteiger partial charge in [-0.1, -0.05) is 64.1 Å². The third-order valence-electron chi connectivity index (χ3n) is 4.13. The summed E-state index contributed by atoms with van der Waals surface area (Å²) in [5, 5.41) is 7.05. The number of aromatic nitrogens is 2. The smallest absolute Gasteiger partial charge is 0.267 e. The summed E-state index contributed by atoms with van der Waals surface area (Å²) in [6.45, 7) is 11.6. The molecule has 0 saturated heterocycles. The second-order valence-corrected chi connectivity index (χ2v) is 6.16. The summed E-state index contributed by atoms with van der Waals surface area (Å²) in [7, 11) is 1.68. The second kappa shape index (κ2) is 18.3. The van der Waals surface area contributed by atoms with Crippen molar-refractivity contribution in [3.05, 3.63) is 82.1 Å². The number of nitrogens with two attached hydrogens (primary N) is 1. The van der Waals surface area contributed by atoms with Gasteiger partial charge in [-0.3, -0.25) is 9.59 Å². The van der Waals surface area contributed by atoms with Gasteiger partial charge in [0.1, 0.15) is 0 Å². The molecule has 7 nitrogen and oxygen atoms in total. The Morgan fingerprint density at radius 1 is 1.00 bits per heavy atom. The van der Waals surface area contributed by atoms with Crippen molar-refractivity contribution in [1.29, 1.82) is 0 Å². The van der Waals surface area contributed by atoms with Crippen molar-refractivity contribution in [3.8, 4) is 11.3 Å². The zero-order valence-corrected chi connectivity index (χ0v) is 20.7. The van der Waals surface area contributed by atoms with Crippen LogP contribution >= 0.6 is 0 Å². The Kier molecular flexibility index (Phi) is 16.5. The number of hydrogen-bond donors (Lipinski definition) is 2. The average molecular weight is 455 g/mol. The molecule has 1 amide bonds. The van der Waals surface area contributed by atoms with Crippen LogP contribution in [0.3, 0.4) is 0 Å². The van der Waals surface area contributed by atoms with E-state index in [0.29, 0.717) is 30.9 Å². The van der Waals surface area contributed by atoms with Crippen LogP contribution in [0.4, 0.5) is 5.69 Å². The van der Waals surface area contributed by atoms with E-state index in [4.69, 9.17) is 5.73 Å². The van der Waals surface area contributed by atoms with Crippen LogP contribution in [0.2, 0.25) is 0 Å². The molecule has 3 aromatic rings. The van der Waals surface area contributed by atoms with Crippen molar-refractivity contribution in [3.63, 3.8) is 0 Å². The van der Waals surface area contributed by atoms with Crippen molar-refractivity contribution in [2.24, 2.45) is 5.73 Å². The highest BCUT2D eigenvalue weighted by atomic mass is 16.5. The van der Waals surface area contributed by atoms with E-state index < -0.39 is 0 Å². The Labute approximate surface area is 197 Å². The summed E-state index contributed by atoms with van der Waals surface area (Å²) in [6.07, 6.45) is 0.620. The molecule has 1 aromatic heterocycles. The molecule has 2 aromatic carbocycles. The Balaban J connectivity index is 0.00000113. The van der Waals surface area contributed by atoms with E-state index in [-0.39, 0.29) is 5.56 Å².